The maximum Gasteiger partial charge on any atom is 0.197 e. The standard InChI is InChI=1S/C17H31N3O3/c1-13-5-4-6-20(9-13)15(18)19-11-16(2,3)14-10-21-12-17(14)22-7-8-23-17/h13-14H,4-12H2,1-3H3,(H2,18,19). The average molecular weight is 325 g/mol. The number of nitrogens with two attached hydrogens (primary N) is 1. The van der Waals surface area contributed by atoms with Crippen LogP contribution >= 0.6 is 0 Å². The highest BCUT2D eigenvalue weighted by Crippen LogP contribution is 2.44. The third-order valence-corrected chi connectivity index (χ3v) is 5.47. The van der Waals surface area contributed by atoms with Gasteiger partial charge in [0.2, 0.25) is 0 Å². The molecule has 3 aliphatic rings. The molecule has 3 aliphatic heterocycles. The molecule has 0 radical (unpaired) electrons. The molecule has 6 heteroatoms. The number of aliphatic imine (C=N–C) groups is 1. The van der Waals surface area contributed by atoms with Crippen LogP contribution in [0.25, 0.3) is 0 Å². The Balaban J connectivity index is 1.64. The first-order valence-electron chi connectivity index (χ1n) is 8.83. The van der Waals surface area contributed by atoms with E-state index in [0.717, 1.165) is 13.1 Å². The van der Waals surface area contributed by atoms with Crippen LogP contribution in [0.2, 0.25) is 0 Å². The van der Waals surface area contributed by atoms with E-state index >= 15 is 0 Å². The summed E-state index contributed by atoms with van der Waals surface area (Å²) in [6, 6.07) is 0. The molecule has 2 unspecified atom stereocenters. The Labute approximate surface area is 139 Å². The van der Waals surface area contributed by atoms with E-state index in [1.165, 1.54) is 12.8 Å². The molecule has 3 rings (SSSR count). The minimum Gasteiger partial charge on any atom is -0.375 e. The fraction of sp³-hybridized carbons (Fsp3) is 0.941. The van der Waals surface area contributed by atoms with Crippen LogP contribution in [0.5, 0.6) is 0 Å². The molecular formula is C17H31N3O3. The first-order valence-corrected chi connectivity index (χ1v) is 8.83. The van der Waals surface area contributed by atoms with Gasteiger partial charge in [-0.25, -0.2) is 0 Å². The topological polar surface area (TPSA) is 69.3 Å². The van der Waals surface area contributed by atoms with Gasteiger partial charge in [0.1, 0.15) is 6.61 Å². The van der Waals surface area contributed by atoms with Crippen LogP contribution in [-0.4, -0.2) is 62.7 Å². The predicted octanol–water partition coefficient (Wildman–Crippen LogP) is 1.45. The maximum absolute atomic E-state index is 6.24. The molecule has 0 bridgehead atoms. The lowest BCUT2D eigenvalue weighted by molar-refractivity contribution is -0.196. The summed E-state index contributed by atoms with van der Waals surface area (Å²) in [6.45, 7) is 11.8. The Morgan fingerprint density at radius 2 is 2.09 bits per heavy atom. The Morgan fingerprint density at radius 3 is 2.78 bits per heavy atom. The molecule has 132 valence electrons. The first kappa shape index (κ1) is 17.0. The Kier molecular flexibility index (Phi) is 4.85. The quantitative estimate of drug-likeness (QED) is 0.628. The fourth-order valence-electron chi connectivity index (χ4n) is 4.01. The van der Waals surface area contributed by atoms with E-state index in [-0.39, 0.29) is 11.3 Å². The van der Waals surface area contributed by atoms with Crippen molar-refractivity contribution < 1.29 is 14.2 Å². The van der Waals surface area contributed by atoms with Crippen LogP contribution < -0.4 is 5.73 Å². The van der Waals surface area contributed by atoms with Crippen molar-refractivity contribution in [1.82, 2.24) is 4.90 Å². The van der Waals surface area contributed by atoms with Crippen LogP contribution in [0, 0.1) is 17.3 Å². The molecule has 0 aromatic rings. The molecule has 0 aromatic heterocycles. The zero-order chi connectivity index (χ0) is 16.5. The van der Waals surface area contributed by atoms with Gasteiger partial charge in [0.25, 0.3) is 0 Å². The highest BCUT2D eigenvalue weighted by molar-refractivity contribution is 5.78. The minimum atomic E-state index is -0.576. The highest BCUT2D eigenvalue weighted by Gasteiger charge is 2.55. The molecule has 23 heavy (non-hydrogen) atoms. The highest BCUT2D eigenvalue weighted by atomic mass is 16.8. The molecule has 3 fully saturated rings. The van der Waals surface area contributed by atoms with Gasteiger partial charge >= 0.3 is 0 Å². The molecule has 0 aromatic carbocycles. The third kappa shape index (κ3) is 3.49. The van der Waals surface area contributed by atoms with Gasteiger partial charge in [-0.2, -0.15) is 0 Å². The molecule has 3 saturated heterocycles. The molecular weight excluding hydrogens is 294 g/mol. The van der Waals surface area contributed by atoms with E-state index < -0.39 is 5.79 Å². The summed E-state index contributed by atoms with van der Waals surface area (Å²) in [4.78, 5) is 6.92. The molecule has 2 atom stereocenters. The maximum atomic E-state index is 6.24. The van der Waals surface area contributed by atoms with Crippen molar-refractivity contribution in [2.45, 2.75) is 39.4 Å². The Hall–Kier alpha value is -0.850. The van der Waals surface area contributed by atoms with Gasteiger partial charge in [-0.15, -0.1) is 0 Å². The predicted molar refractivity (Wildman–Crippen MR) is 89.2 cm³/mol. The number of rotatable bonds is 3. The minimum absolute atomic E-state index is 0.0904. The van der Waals surface area contributed by atoms with Crippen molar-refractivity contribution in [2.75, 3.05) is 46.1 Å². The van der Waals surface area contributed by atoms with Crippen LogP contribution in [0.15, 0.2) is 4.99 Å². The molecule has 0 aliphatic carbocycles. The summed E-state index contributed by atoms with van der Waals surface area (Å²) in [5, 5.41) is 0. The second kappa shape index (κ2) is 6.57. The first-order chi connectivity index (χ1) is 10.9. The number of hydrogen-bond acceptors (Lipinski definition) is 4. The SMILES string of the molecule is CC1CCCN(C(N)=NCC(C)(C)C2COCC23OCCO3)C1. The molecule has 6 nitrogen and oxygen atoms in total. The summed E-state index contributed by atoms with van der Waals surface area (Å²) in [5.74, 6) is 0.963. The van der Waals surface area contributed by atoms with E-state index in [1.807, 2.05) is 0 Å². The van der Waals surface area contributed by atoms with Crippen molar-refractivity contribution in [1.29, 1.82) is 0 Å². The van der Waals surface area contributed by atoms with E-state index in [0.29, 0.717) is 44.8 Å². The number of likely N-dealkylation sites (tertiary alicyclic amines) is 1. The largest absolute Gasteiger partial charge is 0.375 e. The van der Waals surface area contributed by atoms with Crippen LogP contribution in [-0.2, 0) is 14.2 Å². The van der Waals surface area contributed by atoms with Crippen LogP contribution in [0.1, 0.15) is 33.6 Å². The molecule has 0 saturated carbocycles. The Bertz CT molecular complexity index is 441. The second-order valence-corrected chi connectivity index (χ2v) is 7.93. The van der Waals surface area contributed by atoms with Gasteiger partial charge in [-0.1, -0.05) is 20.8 Å². The lowest BCUT2D eigenvalue weighted by atomic mass is 9.75. The zero-order valence-corrected chi connectivity index (χ0v) is 14.7. The summed E-state index contributed by atoms with van der Waals surface area (Å²) in [7, 11) is 0. The van der Waals surface area contributed by atoms with Gasteiger partial charge in [0.05, 0.1) is 19.8 Å². The lowest BCUT2D eigenvalue weighted by Crippen LogP contribution is -2.48. The van der Waals surface area contributed by atoms with E-state index in [2.05, 4.69) is 25.7 Å². The Morgan fingerprint density at radius 1 is 1.35 bits per heavy atom. The second-order valence-electron chi connectivity index (χ2n) is 7.93. The summed E-state index contributed by atoms with van der Waals surface area (Å²) >= 11 is 0. The van der Waals surface area contributed by atoms with Crippen molar-refractivity contribution in [3.05, 3.63) is 0 Å². The molecule has 3 heterocycles. The summed E-state index contributed by atoms with van der Waals surface area (Å²) in [5.41, 5.74) is 6.15. The van der Waals surface area contributed by atoms with Gasteiger partial charge in [-0.3, -0.25) is 4.99 Å². The van der Waals surface area contributed by atoms with Crippen molar-refractivity contribution >= 4 is 5.96 Å². The van der Waals surface area contributed by atoms with Crippen LogP contribution in [0.3, 0.4) is 0 Å². The summed E-state index contributed by atoms with van der Waals surface area (Å²) in [6.07, 6.45) is 2.48. The number of piperidine rings is 1. The molecule has 1 spiro atoms. The number of ether oxygens (including phenoxy) is 3. The number of hydrogen-bond donors (Lipinski definition) is 1. The van der Waals surface area contributed by atoms with Crippen molar-refractivity contribution in [3.8, 4) is 0 Å². The van der Waals surface area contributed by atoms with Gasteiger partial charge in [0.15, 0.2) is 11.7 Å². The van der Waals surface area contributed by atoms with Gasteiger partial charge < -0.3 is 24.8 Å². The van der Waals surface area contributed by atoms with Crippen molar-refractivity contribution in [2.24, 2.45) is 28.0 Å². The van der Waals surface area contributed by atoms with E-state index in [1.54, 1.807) is 0 Å². The van der Waals surface area contributed by atoms with Crippen molar-refractivity contribution in [3.63, 3.8) is 0 Å². The summed E-state index contributed by atoms with van der Waals surface area (Å²) < 4.78 is 17.5. The molecule has 2 N–H and O–H groups in total. The van der Waals surface area contributed by atoms with Gasteiger partial charge in [-0.05, 0) is 24.2 Å². The third-order valence-electron chi connectivity index (χ3n) is 5.47. The van der Waals surface area contributed by atoms with E-state index in [9.17, 15) is 0 Å². The smallest absolute Gasteiger partial charge is 0.197 e. The van der Waals surface area contributed by atoms with Crippen LogP contribution in [0.4, 0.5) is 0 Å². The van der Waals surface area contributed by atoms with E-state index in [4.69, 9.17) is 24.9 Å². The zero-order valence-electron chi connectivity index (χ0n) is 14.7. The molecule has 0 amide bonds. The monoisotopic (exact) mass is 325 g/mol. The number of nitrogens with zero attached hydrogens (tertiary/aromatic N) is 2. The normalized spacial score (nSPS) is 32.0. The number of guanidine groups is 1. The fourth-order valence-corrected chi connectivity index (χ4v) is 4.01. The lowest BCUT2D eigenvalue weighted by Gasteiger charge is -2.38. The van der Waals surface area contributed by atoms with Gasteiger partial charge in [0, 0.05) is 25.6 Å². The average Bonchev–Trinajstić information content (AvgIpc) is 3.16.